The third-order valence-electron chi connectivity index (χ3n) is 6.61. The van der Waals surface area contributed by atoms with E-state index in [1.807, 2.05) is 20.8 Å². The number of likely N-dealkylation sites (N-methyl/N-ethyl adjacent to an activating group) is 1. The molecule has 2 atom stereocenters. The Morgan fingerprint density at radius 1 is 1.23 bits per heavy atom. The zero-order valence-corrected chi connectivity index (χ0v) is 21.4. The first-order valence-corrected chi connectivity index (χ1v) is 12.1. The SMILES string of the molecule is CN(C(=O)NCc1cccc(F)c1Cl)C1(CO)CC1CC(=O)N1CCN(C(=O)OC(C)(C)C)CC1. The second-order valence-electron chi connectivity index (χ2n) is 10.1. The maximum Gasteiger partial charge on any atom is 0.410 e. The van der Waals surface area contributed by atoms with Gasteiger partial charge in [0.25, 0.3) is 0 Å². The number of ether oxygens (including phenoxy) is 1. The van der Waals surface area contributed by atoms with Gasteiger partial charge < -0.3 is 29.9 Å². The van der Waals surface area contributed by atoms with Gasteiger partial charge >= 0.3 is 12.1 Å². The minimum Gasteiger partial charge on any atom is -0.444 e. The molecule has 4 amide bonds. The number of nitrogens with one attached hydrogen (secondary N) is 1. The van der Waals surface area contributed by atoms with Crippen LogP contribution in [0.5, 0.6) is 0 Å². The summed E-state index contributed by atoms with van der Waals surface area (Å²) in [4.78, 5) is 42.5. The molecule has 35 heavy (non-hydrogen) atoms. The second-order valence-corrected chi connectivity index (χ2v) is 10.5. The number of urea groups is 1. The van der Waals surface area contributed by atoms with Gasteiger partial charge in [-0.05, 0) is 44.7 Å². The molecule has 11 heteroatoms. The van der Waals surface area contributed by atoms with Gasteiger partial charge in [-0.3, -0.25) is 4.79 Å². The number of aliphatic hydroxyl groups is 1. The molecule has 0 radical (unpaired) electrons. The lowest BCUT2D eigenvalue weighted by Gasteiger charge is -2.36. The van der Waals surface area contributed by atoms with Crippen LogP contribution in [-0.4, -0.2) is 88.8 Å². The molecule has 9 nitrogen and oxygen atoms in total. The topological polar surface area (TPSA) is 102 Å². The van der Waals surface area contributed by atoms with E-state index < -0.39 is 29.1 Å². The van der Waals surface area contributed by atoms with Crippen molar-refractivity contribution in [3.05, 3.63) is 34.6 Å². The molecule has 0 bridgehead atoms. The maximum atomic E-state index is 13.6. The van der Waals surface area contributed by atoms with Gasteiger partial charge in [-0.1, -0.05) is 23.7 Å². The van der Waals surface area contributed by atoms with Crippen molar-refractivity contribution in [2.45, 2.75) is 51.3 Å². The van der Waals surface area contributed by atoms with E-state index in [1.54, 1.807) is 22.9 Å². The normalized spacial score (nSPS) is 22.0. The van der Waals surface area contributed by atoms with Crippen molar-refractivity contribution in [1.82, 2.24) is 20.0 Å². The Kier molecular flexibility index (Phi) is 8.16. The molecule has 1 saturated carbocycles. The molecule has 1 aliphatic carbocycles. The van der Waals surface area contributed by atoms with E-state index in [4.69, 9.17) is 16.3 Å². The van der Waals surface area contributed by atoms with Gasteiger partial charge in [0.15, 0.2) is 0 Å². The van der Waals surface area contributed by atoms with Crippen molar-refractivity contribution in [2.75, 3.05) is 39.8 Å². The fourth-order valence-electron chi connectivity index (χ4n) is 4.32. The number of halogens is 2. The van der Waals surface area contributed by atoms with E-state index in [0.29, 0.717) is 38.2 Å². The highest BCUT2D eigenvalue weighted by Gasteiger charge is 2.59. The Labute approximate surface area is 210 Å². The van der Waals surface area contributed by atoms with Gasteiger partial charge in [0, 0.05) is 46.2 Å². The summed E-state index contributed by atoms with van der Waals surface area (Å²) in [5.74, 6) is -0.821. The highest BCUT2D eigenvalue weighted by atomic mass is 35.5. The van der Waals surface area contributed by atoms with Crippen LogP contribution >= 0.6 is 11.6 Å². The third kappa shape index (κ3) is 6.35. The van der Waals surface area contributed by atoms with Gasteiger partial charge in [-0.2, -0.15) is 0 Å². The number of carbonyl (C=O) groups is 3. The van der Waals surface area contributed by atoms with Crippen molar-refractivity contribution in [2.24, 2.45) is 5.92 Å². The van der Waals surface area contributed by atoms with Gasteiger partial charge in [0.1, 0.15) is 11.4 Å². The number of carbonyl (C=O) groups excluding carboxylic acids is 3. The molecule has 1 aromatic carbocycles. The Morgan fingerprint density at radius 3 is 2.46 bits per heavy atom. The Hall–Kier alpha value is -2.59. The first-order chi connectivity index (χ1) is 16.4. The first kappa shape index (κ1) is 27.0. The Bertz CT molecular complexity index is 964. The lowest BCUT2D eigenvalue weighted by Crippen LogP contribution is -2.52. The molecule has 1 heterocycles. The van der Waals surface area contributed by atoms with Crippen LogP contribution in [0.15, 0.2) is 18.2 Å². The van der Waals surface area contributed by atoms with Crippen molar-refractivity contribution < 1.29 is 28.6 Å². The second kappa shape index (κ2) is 10.6. The first-order valence-electron chi connectivity index (χ1n) is 11.7. The van der Waals surface area contributed by atoms with Crippen LogP contribution < -0.4 is 5.32 Å². The Balaban J connectivity index is 1.49. The van der Waals surface area contributed by atoms with Gasteiger partial charge in [0.05, 0.1) is 17.2 Å². The molecule has 1 aliphatic heterocycles. The number of rotatable bonds is 6. The van der Waals surface area contributed by atoms with Crippen LogP contribution in [-0.2, 0) is 16.1 Å². The highest BCUT2D eigenvalue weighted by Crippen LogP contribution is 2.50. The summed E-state index contributed by atoms with van der Waals surface area (Å²) in [6.07, 6.45) is 0.302. The van der Waals surface area contributed by atoms with Crippen molar-refractivity contribution in [1.29, 1.82) is 0 Å². The molecule has 2 unspecified atom stereocenters. The summed E-state index contributed by atoms with van der Waals surface area (Å²) >= 11 is 5.94. The zero-order valence-electron chi connectivity index (χ0n) is 20.6. The van der Waals surface area contributed by atoms with Crippen LogP contribution in [0.4, 0.5) is 14.0 Å². The standard InChI is InChI=1S/C24H34ClFN4O5/c1-23(2,3)35-22(34)30-10-8-29(9-11-30)19(32)12-17-13-24(17,15-31)28(4)21(33)27-14-16-6-5-7-18(26)20(16)25/h5-7,17,31H,8-15H2,1-4H3,(H,27,33). The number of piperazine rings is 1. The van der Waals surface area contributed by atoms with E-state index >= 15 is 0 Å². The molecule has 2 aliphatic rings. The molecule has 1 saturated heterocycles. The largest absolute Gasteiger partial charge is 0.444 e. The van der Waals surface area contributed by atoms with Gasteiger partial charge in [0.2, 0.25) is 5.91 Å². The molecular weight excluding hydrogens is 479 g/mol. The monoisotopic (exact) mass is 512 g/mol. The smallest absolute Gasteiger partial charge is 0.410 e. The highest BCUT2D eigenvalue weighted by molar-refractivity contribution is 6.31. The number of aliphatic hydroxyl groups excluding tert-OH is 1. The number of hydrogen-bond acceptors (Lipinski definition) is 5. The number of nitrogens with zero attached hydrogens (tertiary/aromatic N) is 3. The van der Waals surface area contributed by atoms with Crippen molar-refractivity contribution in [3.8, 4) is 0 Å². The maximum absolute atomic E-state index is 13.6. The lowest BCUT2D eigenvalue weighted by atomic mass is 10.1. The average molecular weight is 513 g/mol. The van der Waals surface area contributed by atoms with Crippen LogP contribution in [0.2, 0.25) is 5.02 Å². The van der Waals surface area contributed by atoms with E-state index in [1.165, 1.54) is 17.0 Å². The quantitative estimate of drug-likeness (QED) is 0.610. The molecule has 0 aromatic heterocycles. The average Bonchev–Trinajstić information content (AvgIpc) is 3.52. The zero-order chi connectivity index (χ0) is 26.0. The van der Waals surface area contributed by atoms with E-state index in [2.05, 4.69) is 5.32 Å². The van der Waals surface area contributed by atoms with Crippen molar-refractivity contribution in [3.63, 3.8) is 0 Å². The van der Waals surface area contributed by atoms with Gasteiger partial charge in [-0.25, -0.2) is 14.0 Å². The summed E-state index contributed by atoms with van der Waals surface area (Å²) in [6.45, 7) is 6.77. The van der Waals surface area contributed by atoms with Crippen LogP contribution in [0.1, 0.15) is 39.2 Å². The van der Waals surface area contributed by atoms with Crippen LogP contribution in [0.3, 0.4) is 0 Å². The van der Waals surface area contributed by atoms with Crippen LogP contribution in [0, 0.1) is 11.7 Å². The summed E-state index contributed by atoms with van der Waals surface area (Å²) in [6, 6.07) is 3.93. The number of hydrogen-bond donors (Lipinski definition) is 2. The fourth-order valence-corrected chi connectivity index (χ4v) is 4.51. The molecule has 194 valence electrons. The van der Waals surface area contributed by atoms with Crippen LogP contribution in [0.25, 0.3) is 0 Å². The minimum absolute atomic E-state index is 0.0345. The summed E-state index contributed by atoms with van der Waals surface area (Å²) in [5, 5.41) is 12.7. The van der Waals surface area contributed by atoms with Gasteiger partial charge in [-0.15, -0.1) is 0 Å². The van der Waals surface area contributed by atoms with E-state index in [-0.39, 0.29) is 36.4 Å². The van der Waals surface area contributed by atoms with Crippen molar-refractivity contribution >= 4 is 29.6 Å². The minimum atomic E-state index is -0.830. The lowest BCUT2D eigenvalue weighted by molar-refractivity contribution is -0.133. The summed E-state index contributed by atoms with van der Waals surface area (Å²) < 4.78 is 19.0. The fraction of sp³-hybridized carbons (Fsp3) is 0.625. The Morgan fingerprint density at radius 2 is 1.86 bits per heavy atom. The summed E-state index contributed by atoms with van der Waals surface area (Å²) in [5.41, 5.74) is -0.963. The molecule has 0 spiro atoms. The van der Waals surface area contributed by atoms with E-state index in [0.717, 1.165) is 0 Å². The third-order valence-corrected chi connectivity index (χ3v) is 7.04. The molecule has 3 rings (SSSR count). The van der Waals surface area contributed by atoms with E-state index in [9.17, 15) is 23.9 Å². The molecular formula is C24H34ClFN4O5. The number of amides is 4. The molecule has 1 aromatic rings. The predicted molar refractivity (Wildman–Crippen MR) is 128 cm³/mol. The molecule has 2 N–H and O–H groups in total. The molecule has 2 fully saturated rings. The predicted octanol–water partition coefficient (Wildman–Crippen LogP) is 2.84. The summed E-state index contributed by atoms with van der Waals surface area (Å²) in [7, 11) is 1.57. The number of benzene rings is 1.